The van der Waals surface area contributed by atoms with E-state index in [4.69, 9.17) is 10.7 Å². The minimum atomic E-state index is -0.299. The van der Waals surface area contributed by atoms with Crippen molar-refractivity contribution in [2.75, 3.05) is 32.5 Å². The third kappa shape index (κ3) is 8.95. The largest absolute Gasteiger partial charge is 0.370 e. The molecule has 1 atom stereocenters. The molecular weight excluding hydrogens is 494 g/mol. The molecule has 4 rings (SSSR count). The number of carbonyl (C=O) groups is 1. The lowest BCUT2D eigenvalue weighted by Gasteiger charge is -2.30. The lowest BCUT2D eigenvalue weighted by atomic mass is 9.88. The second-order valence-corrected chi connectivity index (χ2v) is 11.3. The molecule has 40 heavy (non-hydrogen) atoms. The number of amides is 1. The molecule has 1 aliphatic rings. The summed E-state index contributed by atoms with van der Waals surface area (Å²) < 4.78 is 0. The number of benzene rings is 3. The van der Waals surface area contributed by atoms with Gasteiger partial charge in [0.15, 0.2) is 5.96 Å². The van der Waals surface area contributed by atoms with Gasteiger partial charge in [0.05, 0.1) is 6.04 Å². The van der Waals surface area contributed by atoms with E-state index in [1.807, 2.05) is 0 Å². The Balaban J connectivity index is 1.61. The van der Waals surface area contributed by atoms with Crippen LogP contribution in [0.1, 0.15) is 66.7 Å². The van der Waals surface area contributed by atoms with Gasteiger partial charge in [0.2, 0.25) is 5.91 Å². The number of guanidine groups is 1. The Labute approximate surface area is 240 Å². The monoisotopic (exact) mass is 539 g/mol. The van der Waals surface area contributed by atoms with Crippen LogP contribution in [-0.4, -0.2) is 54.9 Å². The van der Waals surface area contributed by atoms with E-state index in [1.54, 1.807) is 0 Å². The van der Waals surface area contributed by atoms with Crippen LogP contribution in [0.4, 0.5) is 5.69 Å². The van der Waals surface area contributed by atoms with Crippen LogP contribution in [0.25, 0.3) is 0 Å². The second kappa shape index (κ2) is 14.7. The van der Waals surface area contributed by atoms with Crippen molar-refractivity contribution in [3.8, 4) is 0 Å². The Morgan fingerprint density at radius 2 is 1.52 bits per heavy atom. The molecule has 1 aliphatic carbocycles. The number of rotatable bonds is 11. The molecule has 0 bridgehead atoms. The summed E-state index contributed by atoms with van der Waals surface area (Å²) in [6, 6.07) is 27.7. The lowest BCUT2D eigenvalue weighted by molar-refractivity contribution is -0.118. The fraction of sp³-hybridized carbons (Fsp3) is 0.412. The van der Waals surface area contributed by atoms with E-state index in [9.17, 15) is 4.79 Å². The zero-order chi connectivity index (χ0) is 28.3. The summed E-state index contributed by atoms with van der Waals surface area (Å²) in [7, 11) is 4.22. The molecule has 1 unspecified atom stereocenters. The van der Waals surface area contributed by atoms with Gasteiger partial charge in [-0.15, -0.1) is 0 Å². The summed E-state index contributed by atoms with van der Waals surface area (Å²) in [6.07, 6.45) is 6.35. The topological polar surface area (TPSA) is 74.0 Å². The number of primary amides is 1. The van der Waals surface area contributed by atoms with Crippen molar-refractivity contribution in [1.82, 2.24) is 9.80 Å². The minimum absolute atomic E-state index is 0.0720. The Hall–Kier alpha value is -3.64. The van der Waals surface area contributed by atoms with Crippen LogP contribution in [0, 0.1) is 6.92 Å². The molecule has 212 valence electrons. The Morgan fingerprint density at radius 1 is 0.900 bits per heavy atom. The van der Waals surface area contributed by atoms with E-state index < -0.39 is 0 Å². The quantitative estimate of drug-likeness (QED) is 0.226. The van der Waals surface area contributed by atoms with Gasteiger partial charge in [-0.3, -0.25) is 4.79 Å². The highest BCUT2D eigenvalue weighted by Crippen LogP contribution is 2.29. The van der Waals surface area contributed by atoms with Crippen LogP contribution in [0.5, 0.6) is 0 Å². The van der Waals surface area contributed by atoms with Crippen molar-refractivity contribution in [1.29, 1.82) is 0 Å². The zero-order valence-electron chi connectivity index (χ0n) is 24.4. The van der Waals surface area contributed by atoms with Gasteiger partial charge in [0, 0.05) is 37.7 Å². The number of anilines is 1. The first kappa shape index (κ1) is 29.3. The van der Waals surface area contributed by atoms with Crippen molar-refractivity contribution in [2.24, 2.45) is 10.7 Å². The van der Waals surface area contributed by atoms with Gasteiger partial charge in [-0.2, -0.15) is 0 Å². The molecule has 3 aromatic rings. The first-order valence-electron chi connectivity index (χ1n) is 14.6. The van der Waals surface area contributed by atoms with Gasteiger partial charge >= 0.3 is 0 Å². The fourth-order valence-corrected chi connectivity index (χ4v) is 5.32. The predicted octanol–water partition coefficient (Wildman–Crippen LogP) is 6.17. The number of aryl methyl sites for hydroxylation is 1. The molecule has 0 heterocycles. The van der Waals surface area contributed by atoms with E-state index in [1.165, 1.54) is 30.4 Å². The van der Waals surface area contributed by atoms with E-state index in [-0.39, 0.29) is 18.2 Å². The van der Waals surface area contributed by atoms with Crippen molar-refractivity contribution in [2.45, 2.75) is 64.0 Å². The number of hydrogen-bond donors (Lipinski definition) is 2. The summed E-state index contributed by atoms with van der Waals surface area (Å²) in [6.45, 7) is 4.66. The van der Waals surface area contributed by atoms with Crippen LogP contribution < -0.4 is 11.1 Å². The maximum absolute atomic E-state index is 11.9. The third-order valence-electron chi connectivity index (χ3n) is 7.67. The van der Waals surface area contributed by atoms with Crippen molar-refractivity contribution < 1.29 is 4.79 Å². The van der Waals surface area contributed by atoms with Gasteiger partial charge in [-0.25, -0.2) is 4.99 Å². The van der Waals surface area contributed by atoms with Gasteiger partial charge in [0.1, 0.15) is 0 Å². The van der Waals surface area contributed by atoms with Gasteiger partial charge in [-0.1, -0.05) is 91.6 Å². The van der Waals surface area contributed by atoms with Crippen LogP contribution in [0.2, 0.25) is 0 Å². The maximum atomic E-state index is 11.9. The normalized spacial score (nSPS) is 15.2. The Bertz CT molecular complexity index is 1220. The molecule has 0 spiro atoms. The third-order valence-corrected chi connectivity index (χ3v) is 7.67. The van der Waals surface area contributed by atoms with E-state index in [0.717, 1.165) is 55.2 Å². The highest BCUT2D eigenvalue weighted by Gasteiger charge is 2.20. The number of carbonyl (C=O) groups excluding carboxylic acids is 1. The SMILES string of the molecule is Cc1ccc(C(CC(N)=O)c2ccc(NC(=NC3CCCCC3)N(CCN(C)C)Cc3ccccc3)cc2)cc1. The van der Waals surface area contributed by atoms with E-state index >= 15 is 0 Å². The number of nitrogens with two attached hydrogens (primary N) is 1. The molecule has 3 aromatic carbocycles. The standard InChI is InChI=1S/C34H45N5O/c1-26-14-16-28(17-15-26)32(24-33(35)40)29-18-20-31(21-19-29)37-34(36-30-12-8-5-9-13-30)39(23-22-38(2)3)25-27-10-6-4-7-11-27/h4,6-7,10-11,14-21,30,32H,5,8-9,12-13,22-25H2,1-3H3,(H2,35,40)(H,36,37). The summed E-state index contributed by atoms with van der Waals surface area (Å²) in [5.41, 5.74) is 11.3. The highest BCUT2D eigenvalue weighted by atomic mass is 16.1. The second-order valence-electron chi connectivity index (χ2n) is 11.3. The number of likely N-dealkylation sites (N-methyl/N-ethyl adjacent to an activating group) is 1. The average molecular weight is 540 g/mol. The zero-order valence-corrected chi connectivity index (χ0v) is 24.4. The number of aliphatic imine (C=N–C) groups is 1. The number of nitrogens with zero attached hydrogens (tertiary/aromatic N) is 3. The van der Waals surface area contributed by atoms with E-state index in [2.05, 4.69) is 115 Å². The Kier molecular flexibility index (Phi) is 10.8. The lowest BCUT2D eigenvalue weighted by Crippen LogP contribution is -2.41. The summed E-state index contributed by atoms with van der Waals surface area (Å²) in [5, 5.41) is 3.69. The van der Waals surface area contributed by atoms with Crippen LogP contribution in [0.15, 0.2) is 83.9 Å². The summed E-state index contributed by atoms with van der Waals surface area (Å²) >= 11 is 0. The molecule has 1 fully saturated rings. The first-order valence-corrected chi connectivity index (χ1v) is 14.6. The minimum Gasteiger partial charge on any atom is -0.370 e. The molecule has 0 saturated heterocycles. The van der Waals surface area contributed by atoms with Gasteiger partial charge in [-0.05, 0) is 62.7 Å². The van der Waals surface area contributed by atoms with Gasteiger partial charge in [0.25, 0.3) is 0 Å². The summed E-state index contributed by atoms with van der Waals surface area (Å²) in [5.74, 6) is 0.557. The van der Waals surface area contributed by atoms with Crippen LogP contribution in [-0.2, 0) is 11.3 Å². The first-order chi connectivity index (χ1) is 19.4. The molecule has 6 nitrogen and oxygen atoms in total. The predicted molar refractivity (Wildman–Crippen MR) is 167 cm³/mol. The molecule has 0 radical (unpaired) electrons. The molecule has 1 amide bonds. The number of hydrogen-bond acceptors (Lipinski definition) is 3. The molecule has 6 heteroatoms. The van der Waals surface area contributed by atoms with Crippen molar-refractivity contribution in [3.63, 3.8) is 0 Å². The average Bonchev–Trinajstić information content (AvgIpc) is 2.95. The highest BCUT2D eigenvalue weighted by molar-refractivity contribution is 5.94. The smallest absolute Gasteiger partial charge is 0.218 e. The molecule has 0 aliphatic heterocycles. The van der Waals surface area contributed by atoms with Gasteiger partial charge < -0.3 is 20.9 Å². The molecule has 0 aromatic heterocycles. The maximum Gasteiger partial charge on any atom is 0.218 e. The summed E-state index contributed by atoms with van der Waals surface area (Å²) in [4.78, 5) is 21.8. The molecular formula is C34H45N5O. The Morgan fingerprint density at radius 3 is 2.12 bits per heavy atom. The molecule has 3 N–H and O–H groups in total. The van der Waals surface area contributed by atoms with Crippen molar-refractivity contribution >= 4 is 17.6 Å². The van der Waals surface area contributed by atoms with Crippen LogP contribution >= 0.6 is 0 Å². The molecule has 1 saturated carbocycles. The number of nitrogens with one attached hydrogen (secondary N) is 1. The van der Waals surface area contributed by atoms with Crippen molar-refractivity contribution in [3.05, 3.63) is 101 Å². The fourth-order valence-electron chi connectivity index (χ4n) is 5.32. The van der Waals surface area contributed by atoms with E-state index in [0.29, 0.717) is 6.04 Å². The van der Waals surface area contributed by atoms with Crippen LogP contribution in [0.3, 0.4) is 0 Å².